The van der Waals surface area contributed by atoms with Crippen molar-refractivity contribution in [1.82, 2.24) is 5.43 Å². The van der Waals surface area contributed by atoms with Crippen molar-refractivity contribution < 1.29 is 0 Å². The molecule has 1 rings (SSSR count). The number of allylic oxidation sites excluding steroid dienone is 2. The Morgan fingerprint density at radius 3 is 2.53 bits per heavy atom. The maximum Gasteiger partial charge on any atom is 0.184 e. The molecule has 0 radical (unpaired) electrons. The fraction of sp³-hybridized carbons (Fsp3) is 0.231. The Labute approximate surface area is 107 Å². The summed E-state index contributed by atoms with van der Waals surface area (Å²) in [6, 6.07) is 10.1. The summed E-state index contributed by atoms with van der Waals surface area (Å²) >= 11 is 4.69. The summed E-state index contributed by atoms with van der Waals surface area (Å²) in [7, 11) is 0. The molecule has 0 saturated heterocycles. The highest BCUT2D eigenvalue weighted by Gasteiger charge is 1.99. The molecule has 0 bridgehead atoms. The van der Waals surface area contributed by atoms with E-state index in [0.717, 1.165) is 11.1 Å². The minimum absolute atomic E-state index is 0.165. The van der Waals surface area contributed by atoms with E-state index in [1.165, 1.54) is 0 Å². The van der Waals surface area contributed by atoms with Crippen LogP contribution in [0.3, 0.4) is 0 Å². The average molecular weight is 247 g/mol. The first-order chi connectivity index (χ1) is 8.09. The van der Waals surface area contributed by atoms with Gasteiger partial charge in [0.15, 0.2) is 5.11 Å². The molecule has 0 spiro atoms. The maximum absolute atomic E-state index is 5.31. The van der Waals surface area contributed by atoms with E-state index in [1.807, 2.05) is 30.3 Å². The zero-order chi connectivity index (χ0) is 12.7. The van der Waals surface area contributed by atoms with Gasteiger partial charge in [0, 0.05) is 0 Å². The summed E-state index contributed by atoms with van der Waals surface area (Å²) < 4.78 is 0. The van der Waals surface area contributed by atoms with Crippen molar-refractivity contribution in [2.24, 2.45) is 16.8 Å². The molecule has 0 fully saturated rings. The number of nitrogens with one attached hydrogen (secondary N) is 1. The van der Waals surface area contributed by atoms with Crippen LogP contribution < -0.4 is 11.2 Å². The third-order valence-corrected chi connectivity index (χ3v) is 2.09. The van der Waals surface area contributed by atoms with Gasteiger partial charge in [-0.05, 0) is 29.3 Å². The van der Waals surface area contributed by atoms with Crippen molar-refractivity contribution in [1.29, 1.82) is 0 Å². The molecule has 3 nitrogen and oxygen atoms in total. The minimum Gasteiger partial charge on any atom is -0.375 e. The second kappa shape index (κ2) is 6.81. The second-order valence-electron chi connectivity index (χ2n) is 3.97. The Morgan fingerprint density at radius 1 is 1.35 bits per heavy atom. The van der Waals surface area contributed by atoms with Crippen LogP contribution in [0.1, 0.15) is 19.4 Å². The predicted octanol–water partition coefficient (Wildman–Crippen LogP) is 2.55. The van der Waals surface area contributed by atoms with Crippen molar-refractivity contribution in [3.05, 3.63) is 42.0 Å². The molecule has 0 unspecified atom stereocenters. The molecule has 1 aromatic rings. The average Bonchev–Trinajstić information content (AvgIpc) is 2.28. The van der Waals surface area contributed by atoms with Crippen molar-refractivity contribution >= 4 is 29.1 Å². The van der Waals surface area contributed by atoms with Crippen molar-refractivity contribution in [3.63, 3.8) is 0 Å². The molecule has 0 aromatic heterocycles. The Hall–Kier alpha value is -1.68. The molecule has 4 heteroatoms. The fourth-order valence-corrected chi connectivity index (χ4v) is 1.42. The topological polar surface area (TPSA) is 50.4 Å². The highest BCUT2D eigenvalue weighted by atomic mass is 32.1. The number of thiocarbonyl (C=S) groups is 1. The van der Waals surface area contributed by atoms with Gasteiger partial charge in [-0.25, -0.2) is 0 Å². The Morgan fingerprint density at radius 2 is 2.00 bits per heavy atom. The van der Waals surface area contributed by atoms with Gasteiger partial charge < -0.3 is 5.73 Å². The van der Waals surface area contributed by atoms with Crippen LogP contribution in [0.4, 0.5) is 0 Å². The van der Waals surface area contributed by atoms with E-state index in [2.05, 4.69) is 42.7 Å². The van der Waals surface area contributed by atoms with Gasteiger partial charge in [0.1, 0.15) is 0 Å². The highest BCUT2D eigenvalue weighted by molar-refractivity contribution is 7.80. The number of rotatable bonds is 4. The molecular formula is C13H17N3S. The lowest BCUT2D eigenvalue weighted by molar-refractivity contribution is 0.835. The number of hydrazone groups is 1. The zero-order valence-electron chi connectivity index (χ0n) is 10.1. The monoisotopic (exact) mass is 247 g/mol. The largest absolute Gasteiger partial charge is 0.375 e. The van der Waals surface area contributed by atoms with Gasteiger partial charge in [-0.15, -0.1) is 0 Å². The third-order valence-electron chi connectivity index (χ3n) is 2.00. The smallest absolute Gasteiger partial charge is 0.184 e. The second-order valence-corrected chi connectivity index (χ2v) is 4.41. The van der Waals surface area contributed by atoms with Gasteiger partial charge in [0.25, 0.3) is 0 Å². The van der Waals surface area contributed by atoms with Crippen LogP contribution in [0.15, 0.2) is 41.5 Å². The number of benzene rings is 1. The Kier molecular flexibility index (Phi) is 5.36. The molecule has 1 aromatic carbocycles. The maximum atomic E-state index is 5.31. The molecule has 17 heavy (non-hydrogen) atoms. The molecular weight excluding hydrogens is 230 g/mol. The molecule has 0 atom stereocenters. The number of hydrogen-bond donors (Lipinski definition) is 2. The van der Waals surface area contributed by atoms with Crippen LogP contribution >= 0.6 is 12.2 Å². The lowest BCUT2D eigenvalue weighted by Crippen LogP contribution is -2.24. The predicted molar refractivity (Wildman–Crippen MR) is 77.7 cm³/mol. The van der Waals surface area contributed by atoms with Crippen molar-refractivity contribution in [3.8, 4) is 0 Å². The number of hydrogen-bond acceptors (Lipinski definition) is 2. The SMILES string of the molecule is CC(C)/C=C(/C=N/NC(N)=S)c1ccccc1. The summed E-state index contributed by atoms with van der Waals surface area (Å²) in [4.78, 5) is 0. The van der Waals surface area contributed by atoms with Crippen molar-refractivity contribution in [2.45, 2.75) is 13.8 Å². The molecule has 90 valence electrons. The molecule has 0 heterocycles. The summed E-state index contributed by atoms with van der Waals surface area (Å²) in [5.41, 5.74) is 10.0. The van der Waals surface area contributed by atoms with E-state index in [-0.39, 0.29) is 5.11 Å². The first-order valence-electron chi connectivity index (χ1n) is 5.45. The standard InChI is InChI=1S/C13H17N3S/c1-10(2)8-12(9-15-16-13(14)17)11-6-4-3-5-7-11/h3-10H,1-2H3,(H3,14,16,17)/b12-8-,15-9+. The summed E-state index contributed by atoms with van der Waals surface area (Å²) in [5, 5.41) is 4.16. The van der Waals surface area contributed by atoms with Crippen LogP contribution in [0.2, 0.25) is 0 Å². The minimum atomic E-state index is 0.165. The molecule has 0 amide bonds. The van der Waals surface area contributed by atoms with Crippen LogP contribution in [0, 0.1) is 5.92 Å². The van der Waals surface area contributed by atoms with Crippen LogP contribution in [-0.2, 0) is 0 Å². The van der Waals surface area contributed by atoms with Gasteiger partial charge >= 0.3 is 0 Å². The zero-order valence-corrected chi connectivity index (χ0v) is 10.9. The lowest BCUT2D eigenvalue weighted by atomic mass is 10.0. The first kappa shape index (κ1) is 13.4. The Balaban J connectivity index is 2.90. The highest BCUT2D eigenvalue weighted by Crippen LogP contribution is 2.14. The van der Waals surface area contributed by atoms with E-state index >= 15 is 0 Å². The molecule has 0 saturated carbocycles. The first-order valence-corrected chi connectivity index (χ1v) is 5.86. The normalized spacial score (nSPS) is 12.1. The van der Waals surface area contributed by atoms with Crippen molar-refractivity contribution in [2.75, 3.05) is 0 Å². The van der Waals surface area contributed by atoms with E-state index in [0.29, 0.717) is 5.92 Å². The van der Waals surface area contributed by atoms with Gasteiger partial charge in [0.2, 0.25) is 0 Å². The van der Waals surface area contributed by atoms with Gasteiger partial charge in [0.05, 0.1) is 6.21 Å². The third kappa shape index (κ3) is 5.26. The van der Waals surface area contributed by atoms with Gasteiger partial charge in [-0.1, -0.05) is 50.3 Å². The number of nitrogens with zero attached hydrogens (tertiary/aromatic N) is 1. The lowest BCUT2D eigenvalue weighted by Gasteiger charge is -2.04. The van der Waals surface area contributed by atoms with Crippen LogP contribution in [0.25, 0.3) is 5.57 Å². The molecule has 0 aliphatic heterocycles. The fourth-order valence-electron chi connectivity index (χ4n) is 1.37. The van der Waals surface area contributed by atoms with E-state index in [1.54, 1.807) is 6.21 Å². The molecule has 0 aliphatic rings. The summed E-state index contributed by atoms with van der Waals surface area (Å²) in [5.74, 6) is 0.446. The quantitative estimate of drug-likeness (QED) is 0.488. The van der Waals surface area contributed by atoms with Gasteiger partial charge in [-0.2, -0.15) is 5.10 Å². The molecule has 0 aliphatic carbocycles. The molecule has 3 N–H and O–H groups in total. The summed E-state index contributed by atoms with van der Waals surface area (Å²) in [6.07, 6.45) is 3.87. The van der Waals surface area contributed by atoms with E-state index < -0.39 is 0 Å². The van der Waals surface area contributed by atoms with Crippen LogP contribution in [-0.4, -0.2) is 11.3 Å². The van der Waals surface area contributed by atoms with Crippen LogP contribution in [0.5, 0.6) is 0 Å². The Bertz CT molecular complexity index is 422. The number of nitrogens with two attached hydrogens (primary N) is 1. The van der Waals surface area contributed by atoms with E-state index in [4.69, 9.17) is 5.73 Å². The van der Waals surface area contributed by atoms with E-state index in [9.17, 15) is 0 Å². The summed E-state index contributed by atoms with van der Waals surface area (Å²) in [6.45, 7) is 4.25. The van der Waals surface area contributed by atoms with Gasteiger partial charge in [-0.3, -0.25) is 5.43 Å².